The first-order valence-corrected chi connectivity index (χ1v) is 6.43. The third-order valence-corrected chi connectivity index (χ3v) is 3.68. The second kappa shape index (κ2) is 4.99. The highest BCUT2D eigenvalue weighted by Gasteiger charge is 2.17. The van der Waals surface area contributed by atoms with Crippen molar-refractivity contribution in [3.63, 3.8) is 0 Å². The SMILES string of the molecule is Cc1nn(CCC(=O)N2CCCC2)cc1Br. The molecular formula is C11H16BrN3O. The first kappa shape index (κ1) is 11.6. The van der Waals surface area contributed by atoms with E-state index in [9.17, 15) is 4.79 Å². The van der Waals surface area contributed by atoms with E-state index in [1.807, 2.05) is 22.7 Å². The van der Waals surface area contributed by atoms with E-state index in [1.54, 1.807) is 0 Å². The molecule has 2 heterocycles. The molecule has 0 bridgehead atoms. The van der Waals surface area contributed by atoms with Crippen LogP contribution in [0.25, 0.3) is 0 Å². The van der Waals surface area contributed by atoms with Gasteiger partial charge in [0.25, 0.3) is 0 Å². The lowest BCUT2D eigenvalue weighted by molar-refractivity contribution is -0.130. The number of carbonyl (C=O) groups excluding carboxylic acids is 1. The lowest BCUT2D eigenvalue weighted by Crippen LogP contribution is -2.28. The number of hydrogen-bond acceptors (Lipinski definition) is 2. The van der Waals surface area contributed by atoms with Crippen molar-refractivity contribution in [3.05, 3.63) is 16.4 Å². The molecule has 0 unspecified atom stereocenters. The fourth-order valence-electron chi connectivity index (χ4n) is 1.94. The summed E-state index contributed by atoms with van der Waals surface area (Å²) in [4.78, 5) is 13.7. The van der Waals surface area contributed by atoms with E-state index in [0.717, 1.165) is 36.1 Å². The topological polar surface area (TPSA) is 38.1 Å². The van der Waals surface area contributed by atoms with Crippen molar-refractivity contribution >= 4 is 21.8 Å². The summed E-state index contributed by atoms with van der Waals surface area (Å²) in [7, 11) is 0. The van der Waals surface area contributed by atoms with E-state index in [4.69, 9.17) is 0 Å². The number of nitrogens with zero attached hydrogens (tertiary/aromatic N) is 3. The van der Waals surface area contributed by atoms with Crippen LogP contribution in [-0.4, -0.2) is 33.7 Å². The Morgan fingerprint density at radius 3 is 2.75 bits per heavy atom. The number of hydrogen-bond donors (Lipinski definition) is 0. The number of halogens is 1. The van der Waals surface area contributed by atoms with Crippen molar-refractivity contribution in [3.8, 4) is 0 Å². The van der Waals surface area contributed by atoms with Crippen LogP contribution in [0.2, 0.25) is 0 Å². The van der Waals surface area contributed by atoms with Gasteiger partial charge < -0.3 is 4.90 Å². The molecule has 4 nitrogen and oxygen atoms in total. The molecule has 0 N–H and O–H groups in total. The summed E-state index contributed by atoms with van der Waals surface area (Å²) in [6, 6.07) is 0. The smallest absolute Gasteiger partial charge is 0.224 e. The van der Waals surface area contributed by atoms with Gasteiger partial charge in [0, 0.05) is 32.3 Å². The first-order valence-electron chi connectivity index (χ1n) is 5.64. The molecule has 88 valence electrons. The fraction of sp³-hybridized carbons (Fsp3) is 0.636. The van der Waals surface area contributed by atoms with E-state index in [2.05, 4.69) is 21.0 Å². The zero-order valence-electron chi connectivity index (χ0n) is 9.45. The zero-order valence-corrected chi connectivity index (χ0v) is 11.0. The maximum absolute atomic E-state index is 11.8. The fourth-order valence-corrected chi connectivity index (χ4v) is 2.26. The van der Waals surface area contributed by atoms with Gasteiger partial charge in [-0.05, 0) is 35.7 Å². The standard InChI is InChI=1S/C11H16BrN3O/c1-9-10(12)8-15(13-9)7-4-11(16)14-5-2-3-6-14/h8H,2-7H2,1H3. The molecule has 1 saturated heterocycles. The molecule has 1 aromatic heterocycles. The molecule has 1 aromatic rings. The van der Waals surface area contributed by atoms with Crippen molar-refractivity contribution in [2.24, 2.45) is 0 Å². The van der Waals surface area contributed by atoms with Gasteiger partial charge in [0.05, 0.1) is 10.2 Å². The second-order valence-electron chi connectivity index (χ2n) is 4.16. The number of likely N-dealkylation sites (tertiary alicyclic amines) is 1. The largest absolute Gasteiger partial charge is 0.343 e. The third-order valence-electron chi connectivity index (χ3n) is 2.90. The average Bonchev–Trinajstić information content (AvgIpc) is 2.86. The van der Waals surface area contributed by atoms with Gasteiger partial charge in [-0.1, -0.05) is 0 Å². The van der Waals surface area contributed by atoms with E-state index < -0.39 is 0 Å². The highest BCUT2D eigenvalue weighted by atomic mass is 79.9. The van der Waals surface area contributed by atoms with E-state index in [0.29, 0.717) is 13.0 Å². The van der Waals surface area contributed by atoms with Crippen molar-refractivity contribution in [1.82, 2.24) is 14.7 Å². The Morgan fingerprint density at radius 2 is 2.19 bits per heavy atom. The van der Waals surface area contributed by atoms with Gasteiger partial charge in [-0.2, -0.15) is 5.10 Å². The molecule has 0 spiro atoms. The van der Waals surface area contributed by atoms with Gasteiger partial charge in [0.2, 0.25) is 5.91 Å². The Bertz CT molecular complexity index is 363. The van der Waals surface area contributed by atoms with Gasteiger partial charge in [-0.15, -0.1) is 0 Å². The summed E-state index contributed by atoms with van der Waals surface area (Å²) < 4.78 is 2.83. The molecule has 0 radical (unpaired) electrons. The molecule has 1 fully saturated rings. The average molecular weight is 286 g/mol. The molecule has 2 rings (SSSR count). The maximum atomic E-state index is 11.8. The van der Waals surface area contributed by atoms with Crippen molar-refractivity contribution in [2.75, 3.05) is 13.1 Å². The molecule has 0 saturated carbocycles. The minimum atomic E-state index is 0.252. The van der Waals surface area contributed by atoms with Crippen molar-refractivity contribution < 1.29 is 4.79 Å². The lowest BCUT2D eigenvalue weighted by atomic mass is 10.3. The molecule has 0 aliphatic carbocycles. The van der Waals surface area contributed by atoms with Crippen LogP contribution in [0.3, 0.4) is 0 Å². The minimum absolute atomic E-state index is 0.252. The van der Waals surface area contributed by atoms with Crippen LogP contribution in [-0.2, 0) is 11.3 Å². The van der Waals surface area contributed by atoms with Gasteiger partial charge in [-0.25, -0.2) is 0 Å². The lowest BCUT2D eigenvalue weighted by Gasteiger charge is -2.14. The Morgan fingerprint density at radius 1 is 1.50 bits per heavy atom. The molecule has 0 atom stereocenters. The molecule has 16 heavy (non-hydrogen) atoms. The number of amides is 1. The van der Waals surface area contributed by atoms with Crippen LogP contribution in [0.5, 0.6) is 0 Å². The summed E-state index contributed by atoms with van der Waals surface area (Å²) in [6.45, 7) is 4.48. The van der Waals surface area contributed by atoms with Gasteiger partial charge in [0.15, 0.2) is 0 Å². The van der Waals surface area contributed by atoms with Crippen LogP contribution in [0.4, 0.5) is 0 Å². The molecule has 0 aromatic carbocycles. The predicted molar refractivity (Wildman–Crippen MR) is 65.1 cm³/mol. The number of rotatable bonds is 3. The van der Waals surface area contributed by atoms with E-state index in [1.165, 1.54) is 0 Å². The van der Waals surface area contributed by atoms with Crippen LogP contribution in [0, 0.1) is 6.92 Å². The number of aromatic nitrogens is 2. The summed E-state index contributed by atoms with van der Waals surface area (Å²) in [5, 5.41) is 4.31. The highest BCUT2D eigenvalue weighted by Crippen LogP contribution is 2.14. The normalized spacial score (nSPS) is 15.8. The Labute approximate surface area is 104 Å². The van der Waals surface area contributed by atoms with Crippen molar-refractivity contribution in [2.45, 2.75) is 32.7 Å². The zero-order chi connectivity index (χ0) is 11.5. The molecule has 1 aliphatic rings. The number of aryl methyl sites for hydroxylation is 2. The summed E-state index contributed by atoms with van der Waals surface area (Å²) in [5.74, 6) is 0.252. The highest BCUT2D eigenvalue weighted by molar-refractivity contribution is 9.10. The maximum Gasteiger partial charge on any atom is 0.224 e. The second-order valence-corrected chi connectivity index (χ2v) is 5.02. The Kier molecular flexibility index (Phi) is 3.63. The monoisotopic (exact) mass is 285 g/mol. The molecule has 5 heteroatoms. The van der Waals surface area contributed by atoms with Gasteiger partial charge >= 0.3 is 0 Å². The third kappa shape index (κ3) is 2.64. The van der Waals surface area contributed by atoms with Crippen LogP contribution >= 0.6 is 15.9 Å². The van der Waals surface area contributed by atoms with Crippen LogP contribution in [0.15, 0.2) is 10.7 Å². The Hall–Kier alpha value is -0.840. The van der Waals surface area contributed by atoms with Crippen LogP contribution in [0.1, 0.15) is 25.0 Å². The summed E-state index contributed by atoms with van der Waals surface area (Å²) in [6.07, 6.45) is 4.77. The van der Waals surface area contributed by atoms with Gasteiger partial charge in [0.1, 0.15) is 0 Å². The summed E-state index contributed by atoms with van der Waals surface area (Å²) in [5.41, 5.74) is 0.966. The van der Waals surface area contributed by atoms with E-state index >= 15 is 0 Å². The van der Waals surface area contributed by atoms with Crippen molar-refractivity contribution in [1.29, 1.82) is 0 Å². The molecule has 1 aliphatic heterocycles. The molecule has 1 amide bonds. The van der Waals surface area contributed by atoms with E-state index in [-0.39, 0.29) is 5.91 Å². The predicted octanol–water partition coefficient (Wildman–Crippen LogP) is 1.97. The Balaban J connectivity index is 1.84. The van der Waals surface area contributed by atoms with Gasteiger partial charge in [-0.3, -0.25) is 9.48 Å². The minimum Gasteiger partial charge on any atom is -0.343 e. The van der Waals surface area contributed by atoms with Crippen LogP contribution < -0.4 is 0 Å². The number of carbonyl (C=O) groups is 1. The first-order chi connectivity index (χ1) is 7.66. The molecular weight excluding hydrogens is 270 g/mol. The summed E-state index contributed by atoms with van der Waals surface area (Å²) >= 11 is 3.41. The quantitative estimate of drug-likeness (QED) is 0.852.